The maximum Gasteiger partial charge on any atom is 0.407 e. The third kappa shape index (κ3) is 8.06. The molecule has 1 fully saturated rings. The summed E-state index contributed by atoms with van der Waals surface area (Å²) in [4.78, 5) is 18.1. The molecule has 1 aliphatic heterocycles. The molecule has 0 aromatic carbocycles. The molecular formula is C16H32N4O3. The topological polar surface area (TPSA) is 75.2 Å². The first-order chi connectivity index (χ1) is 10.9. The summed E-state index contributed by atoms with van der Waals surface area (Å²) in [5.41, 5.74) is -0.474. The molecule has 1 aliphatic rings. The van der Waals surface area contributed by atoms with Gasteiger partial charge in [0, 0.05) is 39.8 Å². The highest BCUT2D eigenvalue weighted by Crippen LogP contribution is 2.13. The molecule has 0 saturated carbocycles. The van der Waals surface area contributed by atoms with Crippen LogP contribution in [0.5, 0.6) is 0 Å². The van der Waals surface area contributed by atoms with Crippen molar-refractivity contribution < 1.29 is 14.3 Å². The quantitative estimate of drug-likeness (QED) is 0.455. The average molecular weight is 328 g/mol. The van der Waals surface area contributed by atoms with Crippen LogP contribution in [0.15, 0.2) is 4.99 Å². The van der Waals surface area contributed by atoms with Crippen molar-refractivity contribution in [1.29, 1.82) is 0 Å². The zero-order valence-corrected chi connectivity index (χ0v) is 15.1. The van der Waals surface area contributed by atoms with Gasteiger partial charge in [0.2, 0.25) is 0 Å². The Morgan fingerprint density at radius 3 is 2.35 bits per heavy atom. The van der Waals surface area contributed by atoms with E-state index in [0.29, 0.717) is 19.2 Å². The van der Waals surface area contributed by atoms with E-state index in [-0.39, 0.29) is 0 Å². The van der Waals surface area contributed by atoms with Crippen molar-refractivity contribution in [3.63, 3.8) is 0 Å². The summed E-state index contributed by atoms with van der Waals surface area (Å²) in [5, 5.41) is 6.00. The average Bonchev–Trinajstić information content (AvgIpc) is 2.47. The zero-order valence-electron chi connectivity index (χ0n) is 15.1. The van der Waals surface area contributed by atoms with Gasteiger partial charge in [-0.3, -0.25) is 4.99 Å². The first kappa shape index (κ1) is 19.5. The lowest BCUT2D eigenvalue weighted by atomic mass is 10.1. The molecule has 23 heavy (non-hydrogen) atoms. The lowest BCUT2D eigenvalue weighted by molar-refractivity contribution is 0.0263. The van der Waals surface area contributed by atoms with Gasteiger partial charge in [0.15, 0.2) is 5.96 Å². The van der Waals surface area contributed by atoms with Gasteiger partial charge in [0.05, 0.1) is 6.10 Å². The van der Waals surface area contributed by atoms with Gasteiger partial charge in [-0.1, -0.05) is 0 Å². The molecule has 0 spiro atoms. The Hall–Kier alpha value is -1.50. The van der Waals surface area contributed by atoms with Crippen LogP contribution in [-0.2, 0) is 9.47 Å². The summed E-state index contributed by atoms with van der Waals surface area (Å²) in [5.74, 6) is 0.867. The number of alkyl carbamates (subject to hydrolysis) is 1. The van der Waals surface area contributed by atoms with Gasteiger partial charge < -0.3 is 25.0 Å². The molecule has 0 radical (unpaired) electrons. The van der Waals surface area contributed by atoms with E-state index in [0.717, 1.165) is 38.5 Å². The van der Waals surface area contributed by atoms with Crippen molar-refractivity contribution in [3.05, 3.63) is 0 Å². The Morgan fingerprint density at radius 1 is 1.22 bits per heavy atom. The van der Waals surface area contributed by atoms with Crippen molar-refractivity contribution in [3.8, 4) is 0 Å². The van der Waals surface area contributed by atoms with Crippen LogP contribution in [0.3, 0.4) is 0 Å². The Balaban J connectivity index is 2.24. The lowest BCUT2D eigenvalue weighted by Crippen LogP contribution is -2.48. The third-order valence-corrected chi connectivity index (χ3v) is 3.43. The molecule has 1 amide bonds. The molecule has 0 aromatic heterocycles. The highest BCUT2D eigenvalue weighted by atomic mass is 16.6. The van der Waals surface area contributed by atoms with Crippen LogP contribution < -0.4 is 10.6 Å². The standard InChI is InChI=1S/C16H32N4O3/c1-6-22-13-7-11-20(12-8-13)14(17-5)18-9-10-19-15(21)23-16(2,3)4/h13H,6-12H2,1-5H3,(H,17,18)(H,19,21). The normalized spacial score (nSPS) is 17.1. The van der Waals surface area contributed by atoms with Gasteiger partial charge in [-0.05, 0) is 40.5 Å². The van der Waals surface area contributed by atoms with E-state index in [2.05, 4.69) is 20.5 Å². The summed E-state index contributed by atoms with van der Waals surface area (Å²) in [7, 11) is 1.78. The molecule has 1 saturated heterocycles. The zero-order chi connectivity index (χ0) is 17.3. The summed E-state index contributed by atoms with van der Waals surface area (Å²) >= 11 is 0. The Bertz CT molecular complexity index is 385. The highest BCUT2D eigenvalue weighted by Gasteiger charge is 2.21. The maximum absolute atomic E-state index is 11.6. The minimum atomic E-state index is -0.474. The molecular weight excluding hydrogens is 296 g/mol. The number of aliphatic imine (C=N–C) groups is 1. The number of nitrogens with zero attached hydrogens (tertiary/aromatic N) is 2. The van der Waals surface area contributed by atoms with E-state index in [1.807, 2.05) is 27.7 Å². The predicted octanol–water partition coefficient (Wildman–Crippen LogP) is 1.59. The first-order valence-corrected chi connectivity index (χ1v) is 8.39. The number of hydrogen-bond donors (Lipinski definition) is 2. The number of rotatable bonds is 5. The minimum Gasteiger partial charge on any atom is -0.444 e. The Labute approximate surface area is 139 Å². The number of piperidine rings is 1. The second-order valence-electron chi connectivity index (χ2n) is 6.54. The molecule has 0 aromatic rings. The van der Waals surface area contributed by atoms with Crippen molar-refractivity contribution in [2.24, 2.45) is 4.99 Å². The largest absolute Gasteiger partial charge is 0.444 e. The fourth-order valence-electron chi connectivity index (χ4n) is 2.46. The van der Waals surface area contributed by atoms with Crippen molar-refractivity contribution in [1.82, 2.24) is 15.5 Å². The molecule has 0 atom stereocenters. The third-order valence-electron chi connectivity index (χ3n) is 3.43. The van der Waals surface area contributed by atoms with Crippen LogP contribution in [0.2, 0.25) is 0 Å². The smallest absolute Gasteiger partial charge is 0.407 e. The number of ether oxygens (including phenoxy) is 2. The molecule has 0 bridgehead atoms. The van der Waals surface area contributed by atoms with Crippen molar-refractivity contribution in [2.75, 3.05) is 39.8 Å². The van der Waals surface area contributed by atoms with E-state index in [1.54, 1.807) is 7.05 Å². The lowest BCUT2D eigenvalue weighted by Gasteiger charge is -2.34. The van der Waals surface area contributed by atoms with Gasteiger partial charge >= 0.3 is 6.09 Å². The van der Waals surface area contributed by atoms with E-state index in [4.69, 9.17) is 9.47 Å². The second kappa shape index (κ2) is 9.60. The van der Waals surface area contributed by atoms with Crippen molar-refractivity contribution >= 4 is 12.1 Å². The number of amides is 1. The number of likely N-dealkylation sites (tertiary alicyclic amines) is 1. The molecule has 0 unspecified atom stereocenters. The Morgan fingerprint density at radius 2 is 1.83 bits per heavy atom. The van der Waals surface area contributed by atoms with E-state index in [9.17, 15) is 4.79 Å². The number of carbonyl (C=O) groups is 1. The van der Waals surface area contributed by atoms with Crippen LogP contribution in [0.1, 0.15) is 40.5 Å². The number of carbonyl (C=O) groups excluding carboxylic acids is 1. The second-order valence-corrected chi connectivity index (χ2v) is 6.54. The first-order valence-electron chi connectivity index (χ1n) is 8.39. The van der Waals surface area contributed by atoms with E-state index in [1.165, 1.54) is 0 Å². The molecule has 1 rings (SSSR count). The van der Waals surface area contributed by atoms with Crippen LogP contribution >= 0.6 is 0 Å². The summed E-state index contributed by atoms with van der Waals surface area (Å²) < 4.78 is 10.9. The van der Waals surface area contributed by atoms with Crippen LogP contribution in [0.4, 0.5) is 4.79 Å². The van der Waals surface area contributed by atoms with Crippen LogP contribution in [-0.4, -0.2) is 68.5 Å². The highest BCUT2D eigenvalue weighted by molar-refractivity contribution is 5.80. The van der Waals surface area contributed by atoms with Crippen LogP contribution in [0, 0.1) is 0 Å². The Kier molecular flexibility index (Phi) is 8.16. The number of hydrogen-bond acceptors (Lipinski definition) is 4. The monoisotopic (exact) mass is 328 g/mol. The molecule has 2 N–H and O–H groups in total. The summed E-state index contributed by atoms with van der Waals surface area (Å²) in [6, 6.07) is 0. The summed E-state index contributed by atoms with van der Waals surface area (Å²) in [6.07, 6.45) is 2.00. The van der Waals surface area contributed by atoms with Crippen molar-refractivity contribution in [2.45, 2.75) is 52.2 Å². The van der Waals surface area contributed by atoms with E-state index < -0.39 is 11.7 Å². The molecule has 7 heteroatoms. The fraction of sp³-hybridized carbons (Fsp3) is 0.875. The summed E-state index contributed by atoms with van der Waals surface area (Å²) in [6.45, 7) is 11.3. The fourth-order valence-corrected chi connectivity index (χ4v) is 2.46. The molecule has 1 heterocycles. The van der Waals surface area contributed by atoms with Gasteiger partial charge in [0.25, 0.3) is 0 Å². The molecule has 0 aliphatic carbocycles. The van der Waals surface area contributed by atoms with Gasteiger partial charge in [-0.15, -0.1) is 0 Å². The van der Waals surface area contributed by atoms with Crippen LogP contribution in [0.25, 0.3) is 0 Å². The SMILES string of the molecule is CCOC1CCN(C(=NC)NCCNC(=O)OC(C)(C)C)CC1. The number of guanidine groups is 1. The number of nitrogens with one attached hydrogen (secondary N) is 2. The van der Waals surface area contributed by atoms with Gasteiger partial charge in [0.1, 0.15) is 5.60 Å². The molecule has 134 valence electrons. The minimum absolute atomic E-state index is 0.364. The van der Waals surface area contributed by atoms with Gasteiger partial charge in [-0.25, -0.2) is 4.79 Å². The van der Waals surface area contributed by atoms with E-state index >= 15 is 0 Å². The molecule has 7 nitrogen and oxygen atoms in total. The maximum atomic E-state index is 11.6. The predicted molar refractivity (Wildman–Crippen MR) is 91.8 cm³/mol. The van der Waals surface area contributed by atoms with Gasteiger partial charge in [-0.2, -0.15) is 0 Å².